The molecule has 1 aromatic rings. The van der Waals surface area contributed by atoms with E-state index in [-0.39, 0.29) is 12.1 Å². The van der Waals surface area contributed by atoms with Gasteiger partial charge in [0.25, 0.3) is 0 Å². The fourth-order valence-electron chi connectivity index (χ4n) is 2.26. The first kappa shape index (κ1) is 19.4. The zero-order valence-corrected chi connectivity index (χ0v) is 15.4. The Bertz CT molecular complexity index is 514. The molecule has 0 radical (unpaired) electrons. The third kappa shape index (κ3) is 6.95. The molecule has 0 aliphatic heterocycles. The van der Waals surface area contributed by atoms with Crippen molar-refractivity contribution < 1.29 is 9.53 Å². The first-order valence-corrected chi connectivity index (χ1v) is 8.05. The van der Waals surface area contributed by atoms with E-state index in [0.717, 1.165) is 17.9 Å². The quantitative estimate of drug-likeness (QED) is 0.872. The molecule has 0 aliphatic carbocycles. The molecule has 23 heavy (non-hydrogen) atoms. The number of aromatic nitrogens is 2. The Labute approximate surface area is 139 Å². The standard InChI is InChI=1S/C17H30N4O2/c1-12(11-21(7)16(22)23-17(4,5)6)10-20-14(3)15-13(2)18-8-9-19-15/h8-9,12,14,20H,10-11H2,1-7H3. The zero-order chi connectivity index (χ0) is 17.6. The Morgan fingerprint density at radius 1 is 1.30 bits per heavy atom. The lowest BCUT2D eigenvalue weighted by Crippen LogP contribution is -2.38. The number of nitrogens with one attached hydrogen (secondary N) is 1. The van der Waals surface area contributed by atoms with Gasteiger partial charge in [0, 0.05) is 38.6 Å². The van der Waals surface area contributed by atoms with Crippen molar-refractivity contribution in [3.63, 3.8) is 0 Å². The number of rotatable bonds is 6. The van der Waals surface area contributed by atoms with Crippen molar-refractivity contribution >= 4 is 6.09 Å². The minimum Gasteiger partial charge on any atom is -0.444 e. The highest BCUT2D eigenvalue weighted by Gasteiger charge is 2.21. The first-order valence-electron chi connectivity index (χ1n) is 8.05. The zero-order valence-electron chi connectivity index (χ0n) is 15.4. The van der Waals surface area contributed by atoms with Crippen LogP contribution in [0.1, 0.15) is 52.0 Å². The van der Waals surface area contributed by atoms with Crippen molar-refractivity contribution in [3.8, 4) is 0 Å². The van der Waals surface area contributed by atoms with Gasteiger partial charge < -0.3 is 15.0 Å². The van der Waals surface area contributed by atoms with Crippen LogP contribution in [-0.4, -0.2) is 46.7 Å². The van der Waals surface area contributed by atoms with Gasteiger partial charge in [-0.05, 0) is 40.5 Å². The van der Waals surface area contributed by atoms with Crippen LogP contribution in [0.3, 0.4) is 0 Å². The minimum atomic E-state index is -0.467. The van der Waals surface area contributed by atoms with E-state index in [9.17, 15) is 4.79 Å². The van der Waals surface area contributed by atoms with Crippen LogP contribution in [0.15, 0.2) is 12.4 Å². The topological polar surface area (TPSA) is 67.4 Å². The SMILES string of the molecule is Cc1nccnc1C(C)NCC(C)CN(C)C(=O)OC(C)(C)C. The van der Waals surface area contributed by atoms with Gasteiger partial charge in [0.2, 0.25) is 0 Å². The van der Waals surface area contributed by atoms with E-state index in [4.69, 9.17) is 4.74 Å². The number of hydrogen-bond donors (Lipinski definition) is 1. The Hall–Kier alpha value is -1.69. The maximum Gasteiger partial charge on any atom is 0.410 e. The molecule has 1 heterocycles. The molecule has 2 unspecified atom stereocenters. The van der Waals surface area contributed by atoms with Crippen LogP contribution in [0, 0.1) is 12.8 Å². The smallest absolute Gasteiger partial charge is 0.410 e. The summed E-state index contributed by atoms with van der Waals surface area (Å²) < 4.78 is 5.36. The maximum absolute atomic E-state index is 12.0. The average molecular weight is 322 g/mol. The summed E-state index contributed by atoms with van der Waals surface area (Å²) in [4.78, 5) is 22.2. The summed E-state index contributed by atoms with van der Waals surface area (Å²) >= 11 is 0. The second-order valence-corrected chi connectivity index (χ2v) is 7.12. The van der Waals surface area contributed by atoms with E-state index in [1.165, 1.54) is 0 Å². The summed E-state index contributed by atoms with van der Waals surface area (Å²) in [6.07, 6.45) is 3.12. The number of carbonyl (C=O) groups is 1. The molecular weight excluding hydrogens is 292 g/mol. The van der Waals surface area contributed by atoms with Gasteiger partial charge in [-0.15, -0.1) is 0 Å². The molecule has 0 spiro atoms. The van der Waals surface area contributed by atoms with Crippen molar-refractivity contribution in [2.75, 3.05) is 20.1 Å². The predicted octanol–water partition coefficient (Wildman–Crippen LogP) is 2.94. The lowest BCUT2D eigenvalue weighted by molar-refractivity contribution is 0.0276. The summed E-state index contributed by atoms with van der Waals surface area (Å²) in [6, 6.07) is 0.123. The molecule has 0 bridgehead atoms. The van der Waals surface area contributed by atoms with Crippen LogP contribution in [0.25, 0.3) is 0 Å². The lowest BCUT2D eigenvalue weighted by Gasteiger charge is -2.27. The monoisotopic (exact) mass is 322 g/mol. The normalized spacial score (nSPS) is 14.2. The van der Waals surface area contributed by atoms with Crippen LogP contribution in [-0.2, 0) is 4.74 Å². The third-order valence-corrected chi connectivity index (χ3v) is 3.39. The number of carbonyl (C=O) groups excluding carboxylic acids is 1. The second-order valence-electron chi connectivity index (χ2n) is 7.12. The Balaban J connectivity index is 2.43. The van der Waals surface area contributed by atoms with Crippen molar-refractivity contribution in [1.29, 1.82) is 0 Å². The minimum absolute atomic E-state index is 0.123. The van der Waals surface area contributed by atoms with E-state index in [2.05, 4.69) is 29.1 Å². The van der Waals surface area contributed by atoms with Crippen molar-refractivity contribution in [2.45, 2.75) is 53.2 Å². The maximum atomic E-state index is 12.0. The van der Waals surface area contributed by atoms with Gasteiger partial charge in [0.15, 0.2) is 0 Å². The summed E-state index contributed by atoms with van der Waals surface area (Å²) in [7, 11) is 1.76. The highest BCUT2D eigenvalue weighted by molar-refractivity contribution is 5.67. The largest absolute Gasteiger partial charge is 0.444 e. The number of amides is 1. The van der Waals surface area contributed by atoms with Crippen molar-refractivity contribution in [2.24, 2.45) is 5.92 Å². The molecule has 0 fully saturated rings. The molecule has 0 aromatic carbocycles. The molecule has 0 aliphatic rings. The Morgan fingerprint density at radius 2 is 1.91 bits per heavy atom. The fourth-order valence-corrected chi connectivity index (χ4v) is 2.26. The van der Waals surface area contributed by atoms with Crippen LogP contribution in [0.5, 0.6) is 0 Å². The predicted molar refractivity (Wildman–Crippen MR) is 91.2 cm³/mol. The first-order chi connectivity index (χ1) is 10.6. The summed E-state index contributed by atoms with van der Waals surface area (Å²) in [5.74, 6) is 0.298. The molecule has 2 atom stereocenters. The van der Waals surface area contributed by atoms with E-state index >= 15 is 0 Å². The van der Waals surface area contributed by atoms with Gasteiger partial charge in [-0.1, -0.05) is 6.92 Å². The molecular formula is C17H30N4O2. The number of ether oxygens (including phenoxy) is 1. The molecule has 1 rings (SSSR count). The number of hydrogen-bond acceptors (Lipinski definition) is 5. The number of nitrogens with zero attached hydrogens (tertiary/aromatic N) is 3. The fraction of sp³-hybridized carbons (Fsp3) is 0.706. The Morgan fingerprint density at radius 3 is 2.48 bits per heavy atom. The molecule has 1 aromatic heterocycles. The van der Waals surface area contributed by atoms with E-state index in [1.807, 2.05) is 27.7 Å². The van der Waals surface area contributed by atoms with E-state index in [0.29, 0.717) is 12.5 Å². The molecule has 0 saturated carbocycles. The molecule has 0 saturated heterocycles. The lowest BCUT2D eigenvalue weighted by atomic mass is 10.1. The van der Waals surface area contributed by atoms with E-state index in [1.54, 1.807) is 24.3 Å². The van der Waals surface area contributed by atoms with Crippen LogP contribution in [0.2, 0.25) is 0 Å². The molecule has 6 nitrogen and oxygen atoms in total. The third-order valence-electron chi connectivity index (χ3n) is 3.39. The van der Waals surface area contributed by atoms with Gasteiger partial charge in [-0.3, -0.25) is 9.97 Å². The van der Waals surface area contributed by atoms with Crippen LogP contribution in [0.4, 0.5) is 4.79 Å². The molecule has 6 heteroatoms. The van der Waals surface area contributed by atoms with Gasteiger partial charge in [-0.25, -0.2) is 4.79 Å². The van der Waals surface area contributed by atoms with Crippen molar-refractivity contribution in [1.82, 2.24) is 20.2 Å². The van der Waals surface area contributed by atoms with Crippen molar-refractivity contribution in [3.05, 3.63) is 23.8 Å². The molecule has 1 N–H and O–H groups in total. The van der Waals surface area contributed by atoms with Crippen LogP contribution >= 0.6 is 0 Å². The molecule has 130 valence electrons. The Kier molecular flexibility index (Phi) is 6.94. The van der Waals surface area contributed by atoms with Gasteiger partial charge in [0.05, 0.1) is 11.4 Å². The van der Waals surface area contributed by atoms with Gasteiger partial charge >= 0.3 is 6.09 Å². The summed E-state index contributed by atoms with van der Waals surface area (Å²) in [5.41, 5.74) is 1.43. The summed E-state index contributed by atoms with van der Waals surface area (Å²) in [5, 5.41) is 3.45. The summed E-state index contributed by atoms with van der Waals surface area (Å²) in [6.45, 7) is 13.2. The average Bonchev–Trinajstić information content (AvgIpc) is 2.43. The van der Waals surface area contributed by atoms with Gasteiger partial charge in [-0.2, -0.15) is 0 Å². The highest BCUT2D eigenvalue weighted by atomic mass is 16.6. The molecule has 1 amide bonds. The van der Waals surface area contributed by atoms with E-state index < -0.39 is 5.60 Å². The number of aryl methyl sites for hydroxylation is 1. The van der Waals surface area contributed by atoms with Gasteiger partial charge in [0.1, 0.15) is 5.60 Å². The van der Waals surface area contributed by atoms with Crippen LogP contribution < -0.4 is 5.32 Å². The second kappa shape index (κ2) is 8.24. The highest BCUT2D eigenvalue weighted by Crippen LogP contribution is 2.13.